The topological polar surface area (TPSA) is 122 Å². The number of amides is 1. The third kappa shape index (κ3) is 6.21. The molecule has 0 fully saturated rings. The molecular weight excluding hydrogens is 326 g/mol. The van der Waals surface area contributed by atoms with Gasteiger partial charge in [0, 0.05) is 11.8 Å². The molecule has 0 saturated heterocycles. The molecule has 0 spiro atoms. The first-order valence-electron chi connectivity index (χ1n) is 6.90. The summed E-state index contributed by atoms with van der Waals surface area (Å²) < 4.78 is 0. The van der Waals surface area contributed by atoms with Crippen LogP contribution in [0.2, 0.25) is 5.02 Å². The Bertz CT molecular complexity index is 606. The van der Waals surface area contributed by atoms with Gasteiger partial charge in [-0.3, -0.25) is 19.7 Å². The fourth-order valence-corrected chi connectivity index (χ4v) is 1.94. The number of rotatable bonds is 8. The molecule has 0 saturated carbocycles. The minimum Gasteiger partial charge on any atom is -0.480 e. The van der Waals surface area contributed by atoms with E-state index >= 15 is 0 Å². The van der Waals surface area contributed by atoms with Gasteiger partial charge in [0.05, 0.1) is 11.3 Å². The summed E-state index contributed by atoms with van der Waals surface area (Å²) in [6.45, 7) is 4.29. The summed E-state index contributed by atoms with van der Waals surface area (Å²) in [4.78, 5) is 33.2. The van der Waals surface area contributed by atoms with Crippen molar-refractivity contribution >= 4 is 34.9 Å². The highest BCUT2D eigenvalue weighted by atomic mass is 35.5. The Balaban J connectivity index is 2.73. The number of halogens is 1. The van der Waals surface area contributed by atoms with Crippen molar-refractivity contribution in [2.24, 2.45) is 5.92 Å². The summed E-state index contributed by atoms with van der Waals surface area (Å²) >= 11 is 5.68. The molecule has 0 radical (unpaired) electrons. The molecule has 1 aromatic rings. The summed E-state index contributed by atoms with van der Waals surface area (Å²) in [6, 6.07) is 2.79. The van der Waals surface area contributed by atoms with Crippen molar-refractivity contribution in [3.63, 3.8) is 0 Å². The SMILES string of the molecule is CC(C)CNC(CC(=O)Nc1ccc(Cl)c([N+](=O)[O-])c1)C(=O)O. The zero-order valence-electron chi connectivity index (χ0n) is 12.7. The average molecular weight is 344 g/mol. The van der Waals surface area contributed by atoms with Gasteiger partial charge < -0.3 is 15.7 Å². The minimum absolute atomic E-state index is 0.0463. The van der Waals surface area contributed by atoms with Crippen LogP contribution in [0.3, 0.4) is 0 Å². The molecule has 1 unspecified atom stereocenters. The number of hydrogen-bond acceptors (Lipinski definition) is 5. The van der Waals surface area contributed by atoms with E-state index in [-0.39, 0.29) is 28.7 Å². The molecule has 0 bridgehead atoms. The van der Waals surface area contributed by atoms with Gasteiger partial charge >= 0.3 is 5.97 Å². The minimum atomic E-state index is -1.14. The number of anilines is 1. The predicted molar refractivity (Wildman–Crippen MR) is 85.6 cm³/mol. The molecule has 0 aliphatic carbocycles. The van der Waals surface area contributed by atoms with Crippen molar-refractivity contribution in [1.82, 2.24) is 5.32 Å². The van der Waals surface area contributed by atoms with Crippen molar-refractivity contribution in [2.75, 3.05) is 11.9 Å². The molecule has 1 atom stereocenters. The summed E-state index contributed by atoms with van der Waals surface area (Å²) in [7, 11) is 0. The second-order valence-corrected chi connectivity index (χ2v) is 5.78. The van der Waals surface area contributed by atoms with Crippen molar-refractivity contribution in [3.05, 3.63) is 33.3 Å². The summed E-state index contributed by atoms with van der Waals surface area (Å²) in [5, 5.41) is 25.1. The van der Waals surface area contributed by atoms with Crippen LogP contribution in [0.4, 0.5) is 11.4 Å². The number of carboxylic acids is 1. The first-order chi connectivity index (χ1) is 10.7. The molecular formula is C14H18ClN3O5. The molecule has 3 N–H and O–H groups in total. The maximum absolute atomic E-state index is 11.9. The van der Waals surface area contributed by atoms with Crippen LogP contribution in [0, 0.1) is 16.0 Å². The lowest BCUT2D eigenvalue weighted by Gasteiger charge is -2.15. The highest BCUT2D eigenvalue weighted by Gasteiger charge is 2.21. The van der Waals surface area contributed by atoms with Crippen LogP contribution in [-0.4, -0.2) is 34.5 Å². The van der Waals surface area contributed by atoms with E-state index in [1.165, 1.54) is 12.1 Å². The van der Waals surface area contributed by atoms with Gasteiger partial charge in [0.15, 0.2) is 0 Å². The number of carbonyl (C=O) groups is 2. The molecule has 23 heavy (non-hydrogen) atoms. The number of nitro benzene ring substituents is 1. The Morgan fingerprint density at radius 2 is 2.04 bits per heavy atom. The van der Waals surface area contributed by atoms with Crippen LogP contribution < -0.4 is 10.6 Å². The highest BCUT2D eigenvalue weighted by Crippen LogP contribution is 2.27. The smallest absolute Gasteiger partial charge is 0.321 e. The lowest BCUT2D eigenvalue weighted by molar-refractivity contribution is -0.384. The number of aliphatic carboxylic acids is 1. The standard InChI is InChI=1S/C14H18ClN3O5/c1-8(2)7-16-11(14(20)21)6-13(19)17-9-3-4-10(15)12(5-9)18(22)23/h3-5,8,11,16H,6-7H2,1-2H3,(H,17,19)(H,20,21). The van der Waals surface area contributed by atoms with E-state index < -0.39 is 22.8 Å². The maximum Gasteiger partial charge on any atom is 0.321 e. The van der Waals surface area contributed by atoms with E-state index in [2.05, 4.69) is 10.6 Å². The second kappa shape index (κ2) is 8.44. The van der Waals surface area contributed by atoms with Crippen LogP contribution >= 0.6 is 11.6 Å². The third-order valence-electron chi connectivity index (χ3n) is 2.89. The number of benzene rings is 1. The molecule has 1 rings (SSSR count). The Labute approximate surface area is 138 Å². The van der Waals surface area contributed by atoms with Crippen molar-refractivity contribution in [3.8, 4) is 0 Å². The monoisotopic (exact) mass is 343 g/mol. The van der Waals surface area contributed by atoms with Gasteiger partial charge in [0.2, 0.25) is 5.91 Å². The van der Waals surface area contributed by atoms with Crippen LogP contribution in [0.5, 0.6) is 0 Å². The summed E-state index contributed by atoms with van der Waals surface area (Å²) in [6.07, 6.45) is -0.293. The van der Waals surface area contributed by atoms with E-state index in [1.807, 2.05) is 13.8 Å². The number of carboxylic acid groups (broad SMARTS) is 1. The fraction of sp³-hybridized carbons (Fsp3) is 0.429. The quantitative estimate of drug-likeness (QED) is 0.491. The molecule has 1 aromatic carbocycles. The highest BCUT2D eigenvalue weighted by molar-refractivity contribution is 6.32. The number of nitrogens with one attached hydrogen (secondary N) is 2. The van der Waals surface area contributed by atoms with Crippen molar-refractivity contribution in [1.29, 1.82) is 0 Å². The van der Waals surface area contributed by atoms with E-state index in [0.717, 1.165) is 6.07 Å². The Kier molecular flexibility index (Phi) is 6.92. The number of nitrogens with zero attached hydrogens (tertiary/aromatic N) is 1. The summed E-state index contributed by atoms with van der Waals surface area (Å²) in [5.74, 6) is -1.47. The van der Waals surface area contributed by atoms with Gasteiger partial charge in [-0.1, -0.05) is 25.4 Å². The predicted octanol–water partition coefficient (Wildman–Crippen LogP) is 2.28. The average Bonchev–Trinajstić information content (AvgIpc) is 2.44. The van der Waals surface area contributed by atoms with Crippen LogP contribution in [0.25, 0.3) is 0 Å². The van der Waals surface area contributed by atoms with Gasteiger partial charge in [-0.2, -0.15) is 0 Å². The molecule has 126 valence electrons. The van der Waals surface area contributed by atoms with Gasteiger partial charge in [-0.25, -0.2) is 0 Å². The molecule has 1 amide bonds. The Hall–Kier alpha value is -2.19. The molecule has 0 aliphatic heterocycles. The zero-order chi connectivity index (χ0) is 17.6. The molecule has 0 aliphatic rings. The van der Waals surface area contributed by atoms with E-state index in [1.54, 1.807) is 0 Å². The lowest BCUT2D eigenvalue weighted by atomic mass is 10.1. The maximum atomic E-state index is 11.9. The Morgan fingerprint density at radius 3 is 2.57 bits per heavy atom. The molecule has 0 heterocycles. The zero-order valence-corrected chi connectivity index (χ0v) is 13.5. The van der Waals surface area contributed by atoms with Crippen LogP contribution in [0.1, 0.15) is 20.3 Å². The fourth-order valence-electron chi connectivity index (χ4n) is 1.75. The summed E-state index contributed by atoms with van der Waals surface area (Å²) in [5.41, 5.74) is -0.156. The van der Waals surface area contributed by atoms with Gasteiger partial charge in [-0.15, -0.1) is 0 Å². The first kappa shape index (κ1) is 18.9. The molecule has 8 nitrogen and oxygen atoms in total. The Morgan fingerprint density at radius 1 is 1.39 bits per heavy atom. The lowest BCUT2D eigenvalue weighted by Crippen LogP contribution is -2.41. The van der Waals surface area contributed by atoms with Crippen molar-refractivity contribution < 1.29 is 19.6 Å². The second-order valence-electron chi connectivity index (χ2n) is 5.37. The number of carbonyl (C=O) groups excluding carboxylic acids is 1. The van der Waals surface area contributed by atoms with Crippen LogP contribution in [-0.2, 0) is 9.59 Å². The van der Waals surface area contributed by atoms with E-state index in [0.29, 0.717) is 6.54 Å². The normalized spacial score (nSPS) is 12.0. The van der Waals surface area contributed by atoms with Gasteiger partial charge in [0.1, 0.15) is 11.1 Å². The van der Waals surface area contributed by atoms with Gasteiger partial charge in [0.25, 0.3) is 5.69 Å². The number of nitro groups is 1. The molecule has 0 aromatic heterocycles. The number of hydrogen-bond donors (Lipinski definition) is 3. The van der Waals surface area contributed by atoms with Crippen molar-refractivity contribution in [2.45, 2.75) is 26.3 Å². The van der Waals surface area contributed by atoms with E-state index in [4.69, 9.17) is 16.7 Å². The molecule has 9 heteroatoms. The first-order valence-corrected chi connectivity index (χ1v) is 7.28. The van der Waals surface area contributed by atoms with Gasteiger partial charge in [-0.05, 0) is 24.6 Å². The third-order valence-corrected chi connectivity index (χ3v) is 3.21. The van der Waals surface area contributed by atoms with E-state index in [9.17, 15) is 19.7 Å². The van der Waals surface area contributed by atoms with Crippen LogP contribution in [0.15, 0.2) is 18.2 Å². The largest absolute Gasteiger partial charge is 0.480 e.